The van der Waals surface area contributed by atoms with E-state index in [-0.39, 0.29) is 11.1 Å². The minimum absolute atomic E-state index is 0.194. The molecule has 5 N–H and O–H groups in total. The molecule has 12 heteroatoms. The molecule has 0 aromatic heterocycles. The standard InChI is InChI=1S/C20H19NO11/c1-8-2-4-9(5-3-8)13(22)10-6-11(21(29)30)14(23)12(7-10)31-20-17(26)15(24)16(25)18(32-20)19(27)28/h2-7,15-18,20,23-26H,1H3,(H,27,28). The van der Waals surface area contributed by atoms with Crippen molar-refractivity contribution in [2.45, 2.75) is 37.6 Å². The van der Waals surface area contributed by atoms with E-state index >= 15 is 0 Å². The molecule has 12 nitrogen and oxygen atoms in total. The lowest BCUT2D eigenvalue weighted by molar-refractivity contribution is -0.386. The van der Waals surface area contributed by atoms with Gasteiger partial charge in [-0.3, -0.25) is 14.9 Å². The number of carbonyl (C=O) groups excluding carboxylic acids is 1. The van der Waals surface area contributed by atoms with Gasteiger partial charge in [0.05, 0.1) is 4.92 Å². The van der Waals surface area contributed by atoms with E-state index in [1.807, 2.05) is 0 Å². The van der Waals surface area contributed by atoms with Crippen LogP contribution in [0.2, 0.25) is 0 Å². The fourth-order valence-corrected chi connectivity index (χ4v) is 3.10. The Hall–Kier alpha value is -3.58. The lowest BCUT2D eigenvalue weighted by Gasteiger charge is -2.38. The Kier molecular flexibility index (Phi) is 6.41. The first-order valence-corrected chi connectivity index (χ1v) is 9.23. The molecule has 1 saturated heterocycles. The van der Waals surface area contributed by atoms with Crippen molar-refractivity contribution < 1.29 is 49.5 Å². The van der Waals surface area contributed by atoms with Crippen molar-refractivity contribution in [3.8, 4) is 11.5 Å². The maximum atomic E-state index is 12.8. The van der Waals surface area contributed by atoms with Gasteiger partial charge in [-0.25, -0.2) is 4.79 Å². The van der Waals surface area contributed by atoms with Crippen LogP contribution in [-0.4, -0.2) is 72.9 Å². The first-order valence-electron chi connectivity index (χ1n) is 9.23. The quantitative estimate of drug-likeness (QED) is 0.228. The third-order valence-electron chi connectivity index (χ3n) is 4.88. The van der Waals surface area contributed by atoms with E-state index in [1.54, 1.807) is 19.1 Å². The number of carboxylic acid groups (broad SMARTS) is 1. The van der Waals surface area contributed by atoms with Crippen molar-refractivity contribution in [3.63, 3.8) is 0 Å². The zero-order valence-corrected chi connectivity index (χ0v) is 16.5. The number of aliphatic hydroxyl groups is 3. The SMILES string of the molecule is Cc1ccc(C(=O)c2cc(OC3OC(C(=O)O)C(O)C(O)C3O)c(O)c([N+](=O)[O-])c2)cc1. The van der Waals surface area contributed by atoms with Crippen LogP contribution in [0.5, 0.6) is 11.5 Å². The number of ketones is 1. The zero-order chi connectivity index (χ0) is 23.7. The monoisotopic (exact) mass is 449 g/mol. The fourth-order valence-electron chi connectivity index (χ4n) is 3.10. The number of nitro groups is 1. The Labute approximate surface area is 180 Å². The number of aliphatic hydroxyl groups excluding tert-OH is 3. The molecule has 1 aliphatic heterocycles. The highest BCUT2D eigenvalue weighted by Gasteiger charge is 2.48. The fraction of sp³-hybridized carbons (Fsp3) is 0.300. The second-order valence-electron chi connectivity index (χ2n) is 7.15. The van der Waals surface area contributed by atoms with Crippen LogP contribution < -0.4 is 4.74 Å². The van der Waals surface area contributed by atoms with E-state index < -0.39 is 64.6 Å². The maximum Gasteiger partial charge on any atom is 0.335 e. The predicted octanol–water partition coefficient (Wildman–Crippen LogP) is 0.111. The van der Waals surface area contributed by atoms with Crippen LogP contribution in [0.15, 0.2) is 36.4 Å². The summed E-state index contributed by atoms with van der Waals surface area (Å²) in [7, 11) is 0. The van der Waals surface area contributed by atoms with Crippen molar-refractivity contribution in [1.82, 2.24) is 0 Å². The van der Waals surface area contributed by atoms with E-state index in [0.717, 1.165) is 17.7 Å². The van der Waals surface area contributed by atoms with Gasteiger partial charge in [0.1, 0.15) is 18.3 Å². The Morgan fingerprint density at radius 3 is 2.22 bits per heavy atom. The van der Waals surface area contributed by atoms with Crippen molar-refractivity contribution in [3.05, 3.63) is 63.2 Å². The molecule has 0 bridgehead atoms. The average molecular weight is 449 g/mol. The van der Waals surface area contributed by atoms with Gasteiger partial charge in [-0.15, -0.1) is 0 Å². The number of carboxylic acids is 1. The van der Waals surface area contributed by atoms with Crippen LogP contribution in [0.25, 0.3) is 0 Å². The summed E-state index contributed by atoms with van der Waals surface area (Å²) < 4.78 is 10.2. The number of nitro benzene ring substituents is 1. The molecule has 5 unspecified atom stereocenters. The van der Waals surface area contributed by atoms with Gasteiger partial charge in [0, 0.05) is 17.2 Å². The van der Waals surface area contributed by atoms with E-state index in [0.29, 0.717) is 0 Å². The van der Waals surface area contributed by atoms with Crippen molar-refractivity contribution >= 4 is 17.4 Å². The molecule has 1 fully saturated rings. The molecule has 32 heavy (non-hydrogen) atoms. The van der Waals surface area contributed by atoms with Gasteiger partial charge in [-0.05, 0) is 13.0 Å². The van der Waals surface area contributed by atoms with Gasteiger partial charge in [0.25, 0.3) is 0 Å². The number of phenolic OH excluding ortho intramolecular Hbond substituents is 1. The van der Waals surface area contributed by atoms with Crippen LogP contribution >= 0.6 is 0 Å². The Balaban J connectivity index is 2.00. The number of hydrogen-bond acceptors (Lipinski definition) is 10. The predicted molar refractivity (Wildman–Crippen MR) is 104 cm³/mol. The molecule has 1 heterocycles. The zero-order valence-electron chi connectivity index (χ0n) is 16.5. The Bertz CT molecular complexity index is 1050. The lowest BCUT2D eigenvalue weighted by Crippen LogP contribution is -2.61. The molecule has 1 aliphatic rings. The van der Waals surface area contributed by atoms with E-state index in [1.165, 1.54) is 12.1 Å². The summed E-state index contributed by atoms with van der Waals surface area (Å²) in [6.45, 7) is 1.80. The minimum Gasteiger partial charge on any atom is -0.500 e. The number of benzene rings is 2. The summed E-state index contributed by atoms with van der Waals surface area (Å²) in [4.78, 5) is 34.4. The third-order valence-corrected chi connectivity index (χ3v) is 4.88. The topological polar surface area (TPSA) is 197 Å². The third kappa shape index (κ3) is 4.38. The van der Waals surface area contributed by atoms with E-state index in [9.17, 15) is 40.1 Å². The van der Waals surface area contributed by atoms with Crippen LogP contribution in [0.3, 0.4) is 0 Å². The Morgan fingerprint density at radius 1 is 1.03 bits per heavy atom. The first-order chi connectivity index (χ1) is 15.0. The molecule has 0 amide bonds. The molecule has 0 aliphatic carbocycles. The highest BCUT2D eigenvalue weighted by atomic mass is 16.7. The summed E-state index contributed by atoms with van der Waals surface area (Å²) in [5.41, 5.74) is -0.0629. The molecule has 2 aromatic carbocycles. The summed E-state index contributed by atoms with van der Waals surface area (Å²) in [6.07, 6.45) is -9.89. The molecule has 0 saturated carbocycles. The van der Waals surface area contributed by atoms with Gasteiger partial charge < -0.3 is 35.0 Å². The average Bonchev–Trinajstić information content (AvgIpc) is 2.74. The number of carbonyl (C=O) groups is 2. The normalized spacial score (nSPS) is 25.2. The molecule has 2 aromatic rings. The summed E-state index contributed by atoms with van der Waals surface area (Å²) >= 11 is 0. The van der Waals surface area contributed by atoms with Crippen LogP contribution in [0, 0.1) is 17.0 Å². The molecular formula is C20H19NO11. The van der Waals surface area contributed by atoms with Crippen LogP contribution in [-0.2, 0) is 9.53 Å². The second-order valence-corrected chi connectivity index (χ2v) is 7.15. The molecular weight excluding hydrogens is 430 g/mol. The maximum absolute atomic E-state index is 12.8. The summed E-state index contributed by atoms with van der Waals surface area (Å²) in [5.74, 6) is -4.00. The highest BCUT2D eigenvalue weighted by molar-refractivity contribution is 6.09. The number of aliphatic carboxylic acids is 1. The smallest absolute Gasteiger partial charge is 0.335 e. The molecule has 3 rings (SSSR count). The number of nitrogens with zero attached hydrogens (tertiary/aromatic N) is 1. The largest absolute Gasteiger partial charge is 0.500 e. The molecule has 170 valence electrons. The second kappa shape index (κ2) is 8.88. The number of hydrogen-bond donors (Lipinski definition) is 5. The van der Waals surface area contributed by atoms with Gasteiger partial charge in [0.2, 0.25) is 12.0 Å². The minimum atomic E-state index is -2.00. The first kappa shape index (κ1) is 23.1. The van der Waals surface area contributed by atoms with E-state index in [4.69, 9.17) is 14.6 Å². The highest BCUT2D eigenvalue weighted by Crippen LogP contribution is 2.39. The number of rotatable bonds is 6. The van der Waals surface area contributed by atoms with Crippen molar-refractivity contribution in [2.24, 2.45) is 0 Å². The summed E-state index contributed by atoms with van der Waals surface area (Å²) in [6, 6.07) is 8.10. The van der Waals surface area contributed by atoms with Gasteiger partial charge in [-0.1, -0.05) is 29.8 Å². The van der Waals surface area contributed by atoms with Crippen LogP contribution in [0.4, 0.5) is 5.69 Å². The molecule has 0 radical (unpaired) electrons. The van der Waals surface area contributed by atoms with Crippen molar-refractivity contribution in [1.29, 1.82) is 0 Å². The van der Waals surface area contributed by atoms with E-state index in [2.05, 4.69) is 0 Å². The van der Waals surface area contributed by atoms with Gasteiger partial charge >= 0.3 is 11.7 Å². The lowest BCUT2D eigenvalue weighted by atomic mass is 9.99. The summed E-state index contributed by atoms with van der Waals surface area (Å²) in [5, 5.41) is 60.4. The van der Waals surface area contributed by atoms with Crippen molar-refractivity contribution in [2.75, 3.05) is 0 Å². The number of aromatic hydroxyl groups is 1. The van der Waals surface area contributed by atoms with Crippen LogP contribution in [0.1, 0.15) is 21.5 Å². The number of phenols is 1. The number of aryl methyl sites for hydroxylation is 1. The molecule has 0 spiro atoms. The number of ether oxygens (including phenoxy) is 2. The molecule has 5 atom stereocenters. The Morgan fingerprint density at radius 2 is 1.66 bits per heavy atom. The van der Waals surface area contributed by atoms with Gasteiger partial charge in [0.15, 0.2) is 17.6 Å². The van der Waals surface area contributed by atoms with Gasteiger partial charge in [-0.2, -0.15) is 0 Å².